The number of hydrogen-bond donors (Lipinski definition) is 4. The van der Waals surface area contributed by atoms with Gasteiger partial charge < -0.3 is 31.3 Å². The number of nitrogens with one attached hydrogen (secondary N) is 1. The number of carbonyl (C=O) groups excluding carboxylic acids is 3. The van der Waals surface area contributed by atoms with E-state index in [1.54, 1.807) is 30.5 Å². The van der Waals surface area contributed by atoms with E-state index in [-0.39, 0.29) is 42.3 Å². The van der Waals surface area contributed by atoms with Crippen LogP contribution in [-0.2, 0) is 11.3 Å². The zero-order valence-electron chi connectivity index (χ0n) is 20.6. The monoisotopic (exact) mass is 537 g/mol. The molecule has 3 unspecified atom stereocenters. The molecule has 4 heterocycles. The number of nitrogens with zero attached hydrogens (tertiary/aromatic N) is 6. The highest BCUT2D eigenvalue weighted by Crippen LogP contribution is 2.29. The number of carbonyl (C=O) groups is 3. The van der Waals surface area contributed by atoms with Crippen LogP contribution in [0, 0.1) is 6.92 Å². The maximum absolute atomic E-state index is 14.5. The molecule has 1 saturated heterocycles. The molecule has 202 valence electrons. The smallest absolute Gasteiger partial charge is 0.269 e. The summed E-state index contributed by atoms with van der Waals surface area (Å²) >= 11 is 0. The first-order valence-corrected chi connectivity index (χ1v) is 11.9. The maximum Gasteiger partial charge on any atom is 0.269 e. The average Bonchev–Trinajstić information content (AvgIpc) is 3.59. The number of benzene rings is 1. The number of halogens is 1. The topological polar surface area (TPSA) is 208 Å². The van der Waals surface area contributed by atoms with Gasteiger partial charge in [0.15, 0.2) is 5.69 Å². The molecule has 15 heteroatoms. The van der Waals surface area contributed by atoms with Gasteiger partial charge in [0.2, 0.25) is 11.8 Å². The lowest BCUT2D eigenvalue weighted by atomic mass is 10.0. The van der Waals surface area contributed by atoms with Crippen molar-refractivity contribution in [2.45, 2.75) is 38.3 Å². The van der Waals surface area contributed by atoms with Gasteiger partial charge in [-0.05, 0) is 30.7 Å². The SMILES string of the molecule is Cc1noc(NC(O)C2CC(F)CN2C(=O)Cn2nc(C(N)=O)c3cc(-c4ccnnc4)ccc32)c1C(N)=O. The maximum atomic E-state index is 14.5. The van der Waals surface area contributed by atoms with Crippen molar-refractivity contribution in [2.24, 2.45) is 11.5 Å². The second-order valence-corrected chi connectivity index (χ2v) is 9.11. The second kappa shape index (κ2) is 10.1. The highest BCUT2D eigenvalue weighted by Gasteiger charge is 2.40. The Morgan fingerprint density at radius 1 is 1.21 bits per heavy atom. The summed E-state index contributed by atoms with van der Waals surface area (Å²) in [6.45, 7) is 0.862. The summed E-state index contributed by atoms with van der Waals surface area (Å²) in [5.74, 6) is -2.36. The van der Waals surface area contributed by atoms with Crippen LogP contribution in [0.15, 0.2) is 41.2 Å². The van der Waals surface area contributed by atoms with Crippen LogP contribution in [0.5, 0.6) is 0 Å². The summed E-state index contributed by atoms with van der Waals surface area (Å²) in [6, 6.07) is 5.90. The number of aromatic nitrogens is 5. The summed E-state index contributed by atoms with van der Waals surface area (Å²) in [4.78, 5) is 38.4. The molecule has 14 nitrogen and oxygen atoms in total. The van der Waals surface area contributed by atoms with Gasteiger partial charge in [0, 0.05) is 17.4 Å². The molecule has 5 rings (SSSR count). The Balaban J connectivity index is 1.40. The number of aliphatic hydroxyl groups excluding tert-OH is 1. The summed E-state index contributed by atoms with van der Waals surface area (Å²) < 4.78 is 20.8. The zero-order chi connectivity index (χ0) is 27.8. The molecule has 3 amide bonds. The molecule has 3 aromatic heterocycles. The number of fused-ring (bicyclic) bond motifs is 1. The number of likely N-dealkylation sites (tertiary alicyclic amines) is 1. The van der Waals surface area contributed by atoms with E-state index >= 15 is 0 Å². The van der Waals surface area contributed by atoms with E-state index in [1.165, 1.54) is 22.7 Å². The van der Waals surface area contributed by atoms with E-state index in [2.05, 4.69) is 25.8 Å². The largest absolute Gasteiger partial charge is 0.372 e. The molecule has 0 aliphatic carbocycles. The van der Waals surface area contributed by atoms with E-state index in [0.717, 1.165) is 11.1 Å². The Hall–Kier alpha value is -4.92. The Morgan fingerprint density at radius 3 is 2.69 bits per heavy atom. The molecule has 4 aromatic rings. The minimum Gasteiger partial charge on any atom is -0.372 e. The number of hydrogen-bond acceptors (Lipinski definition) is 10. The lowest BCUT2D eigenvalue weighted by molar-refractivity contribution is -0.134. The number of aryl methyl sites for hydroxylation is 1. The summed E-state index contributed by atoms with van der Waals surface area (Å²) in [6.07, 6.45) is 0.00481. The predicted octanol–water partition coefficient (Wildman–Crippen LogP) is 0.357. The van der Waals surface area contributed by atoms with Crippen molar-refractivity contribution in [3.63, 3.8) is 0 Å². The first-order chi connectivity index (χ1) is 18.6. The summed E-state index contributed by atoms with van der Waals surface area (Å²) in [7, 11) is 0. The molecule has 1 aromatic carbocycles. The van der Waals surface area contributed by atoms with Crippen LogP contribution >= 0.6 is 0 Å². The van der Waals surface area contributed by atoms with Crippen molar-refractivity contribution >= 4 is 34.5 Å². The van der Waals surface area contributed by atoms with Gasteiger partial charge in [-0.25, -0.2) is 4.39 Å². The number of amides is 3. The third-order valence-electron chi connectivity index (χ3n) is 6.55. The lowest BCUT2D eigenvalue weighted by Crippen LogP contribution is -2.47. The molecular weight excluding hydrogens is 513 g/mol. The Labute approximate surface area is 219 Å². The third kappa shape index (κ3) is 4.86. The molecular formula is C24H24FN9O5. The lowest BCUT2D eigenvalue weighted by Gasteiger charge is -2.28. The molecule has 0 spiro atoms. The second-order valence-electron chi connectivity index (χ2n) is 9.11. The third-order valence-corrected chi connectivity index (χ3v) is 6.55. The van der Waals surface area contributed by atoms with Gasteiger partial charge in [-0.3, -0.25) is 19.1 Å². The fourth-order valence-electron chi connectivity index (χ4n) is 4.73. The highest BCUT2D eigenvalue weighted by molar-refractivity contribution is 6.05. The van der Waals surface area contributed by atoms with Crippen molar-refractivity contribution in [3.8, 4) is 11.1 Å². The fourth-order valence-corrected chi connectivity index (χ4v) is 4.73. The standard InChI is InChI=1S/C24H24FN9O5/c1-11-19(21(26)36)24(39-32-11)30-23(38)17-7-14(25)9-33(17)18(35)10-34-16-3-2-12(13-4-5-28-29-8-13)6-15(16)20(31-34)22(27)37/h2-6,8,14,17,23,30,38H,7,9-10H2,1H3,(H2,26,36)(H2,27,37). The fraction of sp³-hybridized carbons (Fsp3) is 0.292. The molecule has 0 saturated carbocycles. The molecule has 0 bridgehead atoms. The van der Waals surface area contributed by atoms with E-state index in [0.29, 0.717) is 10.9 Å². The van der Waals surface area contributed by atoms with Crippen molar-refractivity contribution in [2.75, 3.05) is 11.9 Å². The molecule has 1 aliphatic heterocycles. The van der Waals surface area contributed by atoms with Crippen molar-refractivity contribution in [1.82, 2.24) is 30.0 Å². The Morgan fingerprint density at radius 2 is 2.00 bits per heavy atom. The van der Waals surface area contributed by atoms with Crippen molar-refractivity contribution < 1.29 is 28.4 Å². The van der Waals surface area contributed by atoms with Gasteiger partial charge >= 0.3 is 0 Å². The van der Waals surface area contributed by atoms with Gasteiger partial charge in [0.05, 0.1) is 36.2 Å². The zero-order valence-corrected chi connectivity index (χ0v) is 20.6. The quantitative estimate of drug-likeness (QED) is 0.227. The van der Waals surface area contributed by atoms with Crippen LogP contribution in [0.2, 0.25) is 0 Å². The van der Waals surface area contributed by atoms with Gasteiger partial charge in [-0.1, -0.05) is 11.2 Å². The minimum absolute atomic E-state index is 0.0376. The van der Waals surface area contributed by atoms with Crippen LogP contribution in [-0.4, -0.2) is 77.8 Å². The van der Waals surface area contributed by atoms with Gasteiger partial charge in [0.1, 0.15) is 24.5 Å². The summed E-state index contributed by atoms with van der Waals surface area (Å²) in [5, 5.41) is 29.3. The number of alkyl halides is 1. The van der Waals surface area contributed by atoms with E-state index in [4.69, 9.17) is 16.0 Å². The number of nitrogens with two attached hydrogens (primary N) is 2. The van der Waals surface area contributed by atoms with Crippen LogP contribution in [0.25, 0.3) is 22.0 Å². The molecule has 1 fully saturated rings. The van der Waals surface area contributed by atoms with E-state index < -0.39 is 36.2 Å². The number of rotatable bonds is 8. The van der Waals surface area contributed by atoms with Gasteiger partial charge in [-0.15, -0.1) is 0 Å². The molecule has 1 aliphatic rings. The van der Waals surface area contributed by atoms with E-state index in [1.807, 2.05) is 0 Å². The minimum atomic E-state index is -1.51. The average molecular weight is 538 g/mol. The Kier molecular flexibility index (Phi) is 6.66. The van der Waals surface area contributed by atoms with E-state index in [9.17, 15) is 23.9 Å². The summed E-state index contributed by atoms with van der Waals surface area (Å²) in [5.41, 5.74) is 13.0. The van der Waals surface area contributed by atoms with Gasteiger partial charge in [-0.2, -0.15) is 15.3 Å². The molecule has 39 heavy (non-hydrogen) atoms. The van der Waals surface area contributed by atoms with Gasteiger partial charge in [0.25, 0.3) is 11.8 Å². The number of aliphatic hydroxyl groups is 1. The predicted molar refractivity (Wildman–Crippen MR) is 134 cm³/mol. The molecule has 3 atom stereocenters. The normalized spacial score (nSPS) is 17.9. The van der Waals surface area contributed by atoms with Crippen LogP contribution in [0.3, 0.4) is 0 Å². The van der Waals surface area contributed by atoms with Crippen LogP contribution in [0.4, 0.5) is 10.3 Å². The first-order valence-electron chi connectivity index (χ1n) is 11.9. The highest BCUT2D eigenvalue weighted by atomic mass is 19.1. The van der Waals surface area contributed by atoms with Crippen LogP contribution < -0.4 is 16.8 Å². The molecule has 6 N–H and O–H groups in total. The Bertz CT molecular complexity index is 1570. The van der Waals surface area contributed by atoms with Crippen LogP contribution in [0.1, 0.15) is 33.0 Å². The number of primary amides is 2. The molecule has 0 radical (unpaired) electrons. The first kappa shape index (κ1) is 25.7. The van der Waals surface area contributed by atoms with Crippen molar-refractivity contribution in [1.29, 1.82) is 0 Å². The number of anilines is 1. The van der Waals surface area contributed by atoms with Crippen molar-refractivity contribution in [3.05, 3.63) is 53.6 Å².